The fourth-order valence-electron chi connectivity index (χ4n) is 3.28. The molecule has 27 heavy (non-hydrogen) atoms. The van der Waals surface area contributed by atoms with Gasteiger partial charge in [0.25, 0.3) is 5.56 Å². The first-order chi connectivity index (χ1) is 13.1. The molecule has 0 aliphatic carbocycles. The van der Waals surface area contributed by atoms with Crippen LogP contribution in [0.4, 0.5) is 5.69 Å². The van der Waals surface area contributed by atoms with Crippen LogP contribution in [0.25, 0.3) is 10.9 Å². The van der Waals surface area contributed by atoms with Gasteiger partial charge in [-0.15, -0.1) is 11.8 Å². The summed E-state index contributed by atoms with van der Waals surface area (Å²) >= 11 is 1.59. The zero-order chi connectivity index (χ0) is 18.8. The molecule has 1 amide bonds. The summed E-state index contributed by atoms with van der Waals surface area (Å²) in [7, 11) is 0. The average molecular weight is 379 g/mol. The highest BCUT2D eigenvalue weighted by atomic mass is 32.2. The topological polar surface area (TPSA) is 64.0 Å². The number of aromatic nitrogens is 2. The van der Waals surface area contributed by atoms with Crippen LogP contribution in [-0.4, -0.2) is 20.7 Å². The van der Waals surface area contributed by atoms with E-state index in [4.69, 9.17) is 0 Å². The minimum atomic E-state index is -0.194. The second-order valence-corrected chi connectivity index (χ2v) is 8.08. The first-order valence-electron chi connectivity index (χ1n) is 9.12. The minimum absolute atomic E-state index is 0.0184. The van der Waals surface area contributed by atoms with Crippen LogP contribution < -0.4 is 10.9 Å². The number of anilines is 1. The number of nitrogens with zero attached hydrogens (tertiary/aromatic N) is 2. The van der Waals surface area contributed by atoms with Crippen molar-refractivity contribution in [2.24, 2.45) is 0 Å². The monoisotopic (exact) mass is 379 g/mol. The van der Waals surface area contributed by atoms with Crippen LogP contribution in [0.15, 0.2) is 53.3 Å². The van der Waals surface area contributed by atoms with Gasteiger partial charge in [-0.1, -0.05) is 30.3 Å². The van der Waals surface area contributed by atoms with Gasteiger partial charge < -0.3 is 5.32 Å². The third-order valence-electron chi connectivity index (χ3n) is 4.79. The number of thioether (sulfide) groups is 1. The molecule has 0 saturated heterocycles. The van der Waals surface area contributed by atoms with Gasteiger partial charge in [-0.25, -0.2) is 4.98 Å². The van der Waals surface area contributed by atoms with E-state index in [-0.39, 0.29) is 16.7 Å². The Morgan fingerprint density at radius 3 is 2.89 bits per heavy atom. The van der Waals surface area contributed by atoms with E-state index in [9.17, 15) is 9.59 Å². The zero-order valence-corrected chi connectivity index (χ0v) is 16.0. The van der Waals surface area contributed by atoms with Crippen LogP contribution in [0.5, 0.6) is 0 Å². The summed E-state index contributed by atoms with van der Waals surface area (Å²) in [5.74, 6) is 1.57. The van der Waals surface area contributed by atoms with E-state index in [0.29, 0.717) is 16.6 Å². The third-order valence-corrected chi connectivity index (χ3v) is 6.01. The van der Waals surface area contributed by atoms with Gasteiger partial charge >= 0.3 is 0 Å². The van der Waals surface area contributed by atoms with E-state index < -0.39 is 0 Å². The summed E-state index contributed by atoms with van der Waals surface area (Å²) in [5, 5.41) is 3.29. The molecular weight excluding hydrogens is 358 g/mol. The van der Waals surface area contributed by atoms with Crippen molar-refractivity contribution in [3.8, 4) is 0 Å². The maximum atomic E-state index is 12.7. The number of carbonyl (C=O) groups excluding carboxylic acids is 1. The molecule has 1 N–H and O–H groups in total. The van der Waals surface area contributed by atoms with Gasteiger partial charge in [0.15, 0.2) is 0 Å². The van der Waals surface area contributed by atoms with Crippen molar-refractivity contribution in [1.82, 2.24) is 9.55 Å². The van der Waals surface area contributed by atoms with Crippen LogP contribution >= 0.6 is 11.8 Å². The highest BCUT2D eigenvalue weighted by Crippen LogP contribution is 2.21. The predicted molar refractivity (Wildman–Crippen MR) is 110 cm³/mol. The summed E-state index contributed by atoms with van der Waals surface area (Å²) in [6.07, 6.45) is 1.80. The smallest absolute Gasteiger partial charge is 0.261 e. The van der Waals surface area contributed by atoms with Crippen molar-refractivity contribution in [2.45, 2.75) is 37.3 Å². The third kappa shape index (κ3) is 3.76. The Labute approximate surface area is 161 Å². The van der Waals surface area contributed by atoms with Gasteiger partial charge in [-0.05, 0) is 37.1 Å². The Kier molecular flexibility index (Phi) is 4.99. The lowest BCUT2D eigenvalue weighted by Crippen LogP contribution is -2.23. The number of hydrogen-bond donors (Lipinski definition) is 1. The second kappa shape index (κ2) is 7.56. The second-order valence-electron chi connectivity index (χ2n) is 6.75. The molecule has 2 heterocycles. The van der Waals surface area contributed by atoms with E-state index in [2.05, 4.69) is 22.4 Å². The Hall–Kier alpha value is -2.60. The lowest BCUT2D eigenvalue weighted by atomic mass is 10.2. The van der Waals surface area contributed by atoms with Crippen LogP contribution in [0.3, 0.4) is 0 Å². The average Bonchev–Trinajstić information content (AvgIpc) is 3.16. The van der Waals surface area contributed by atoms with Crippen molar-refractivity contribution in [3.05, 3.63) is 70.3 Å². The Morgan fingerprint density at radius 2 is 2.07 bits per heavy atom. The lowest BCUT2D eigenvalue weighted by Gasteiger charge is -2.13. The summed E-state index contributed by atoms with van der Waals surface area (Å²) < 4.78 is 1.74. The SMILES string of the molecule is C[C@H](SCc1ccccc1)C(=O)Nc1ccc2nc3n(c(=O)c2c1)CCC3. The number of nitrogens with one attached hydrogen (secondary N) is 1. The summed E-state index contributed by atoms with van der Waals surface area (Å²) in [6.45, 7) is 2.62. The highest BCUT2D eigenvalue weighted by Gasteiger charge is 2.17. The Morgan fingerprint density at radius 1 is 1.26 bits per heavy atom. The Balaban J connectivity index is 1.48. The molecule has 0 spiro atoms. The van der Waals surface area contributed by atoms with Crippen molar-refractivity contribution >= 4 is 34.3 Å². The number of carbonyl (C=O) groups is 1. The molecular formula is C21H21N3O2S. The van der Waals surface area contributed by atoms with Crippen molar-refractivity contribution in [3.63, 3.8) is 0 Å². The predicted octanol–water partition coefficient (Wildman–Crippen LogP) is 3.60. The molecule has 2 aromatic carbocycles. The van der Waals surface area contributed by atoms with E-state index >= 15 is 0 Å². The summed E-state index contributed by atoms with van der Waals surface area (Å²) in [5.41, 5.74) is 2.51. The first kappa shape index (κ1) is 17.8. The number of benzene rings is 2. The first-order valence-corrected chi connectivity index (χ1v) is 10.2. The number of amides is 1. The van der Waals surface area contributed by atoms with Crippen LogP contribution in [0, 0.1) is 0 Å². The van der Waals surface area contributed by atoms with Gasteiger partial charge in [-0.2, -0.15) is 0 Å². The maximum absolute atomic E-state index is 12.7. The van der Waals surface area contributed by atoms with Crippen molar-refractivity contribution in [2.75, 3.05) is 5.32 Å². The van der Waals surface area contributed by atoms with Gasteiger partial charge in [0.2, 0.25) is 5.91 Å². The van der Waals surface area contributed by atoms with Gasteiger partial charge in [-0.3, -0.25) is 14.2 Å². The number of rotatable bonds is 5. The van der Waals surface area contributed by atoms with Gasteiger partial charge in [0.05, 0.1) is 16.2 Å². The van der Waals surface area contributed by atoms with Gasteiger partial charge in [0, 0.05) is 24.4 Å². The molecule has 0 unspecified atom stereocenters. The fraction of sp³-hybridized carbons (Fsp3) is 0.286. The highest BCUT2D eigenvalue weighted by molar-refractivity contribution is 7.99. The largest absolute Gasteiger partial charge is 0.325 e. The molecule has 0 bridgehead atoms. The lowest BCUT2D eigenvalue weighted by molar-refractivity contribution is -0.115. The quantitative estimate of drug-likeness (QED) is 0.736. The minimum Gasteiger partial charge on any atom is -0.325 e. The molecule has 138 valence electrons. The molecule has 0 saturated carbocycles. The van der Waals surface area contributed by atoms with E-state index in [1.165, 1.54) is 5.56 Å². The van der Waals surface area contributed by atoms with Crippen LogP contribution in [0.1, 0.15) is 24.7 Å². The number of hydrogen-bond acceptors (Lipinski definition) is 4. The Bertz CT molecular complexity index is 1050. The van der Waals surface area contributed by atoms with Crippen molar-refractivity contribution < 1.29 is 4.79 Å². The standard InChI is InChI=1S/C21H21N3O2S/c1-14(27-13-15-6-3-2-4-7-15)20(25)22-16-9-10-18-17(12-16)21(26)24-11-5-8-19(24)23-18/h2-4,6-7,9-10,12,14H,5,8,11,13H2,1H3,(H,22,25)/t14-/m0/s1. The molecule has 1 aliphatic rings. The van der Waals surface area contributed by atoms with Crippen LogP contribution in [0.2, 0.25) is 0 Å². The number of fused-ring (bicyclic) bond motifs is 2. The molecule has 1 atom stereocenters. The number of aryl methyl sites for hydroxylation is 1. The fourth-order valence-corrected chi connectivity index (χ4v) is 4.12. The maximum Gasteiger partial charge on any atom is 0.261 e. The molecule has 1 aliphatic heterocycles. The summed E-state index contributed by atoms with van der Waals surface area (Å²) in [4.78, 5) is 29.7. The molecule has 0 fully saturated rings. The van der Waals surface area contributed by atoms with Crippen LogP contribution in [-0.2, 0) is 23.5 Å². The van der Waals surface area contributed by atoms with E-state index in [1.54, 1.807) is 22.4 Å². The van der Waals surface area contributed by atoms with Crippen molar-refractivity contribution in [1.29, 1.82) is 0 Å². The van der Waals surface area contributed by atoms with E-state index in [1.807, 2.05) is 37.3 Å². The molecule has 6 heteroatoms. The molecule has 5 nitrogen and oxygen atoms in total. The van der Waals surface area contributed by atoms with Gasteiger partial charge in [0.1, 0.15) is 5.82 Å². The molecule has 0 radical (unpaired) electrons. The molecule has 1 aromatic heterocycles. The molecule has 4 rings (SSSR count). The summed E-state index contributed by atoms with van der Waals surface area (Å²) in [6, 6.07) is 15.5. The molecule has 3 aromatic rings. The zero-order valence-electron chi connectivity index (χ0n) is 15.1. The normalized spacial score (nSPS) is 14.1. The van der Waals surface area contributed by atoms with E-state index in [0.717, 1.165) is 31.0 Å².